The minimum atomic E-state index is -0.0744. The topological polar surface area (TPSA) is 85.8 Å². The van der Waals surface area contributed by atoms with Crippen LogP contribution in [0, 0.1) is 0 Å². The number of aryl methyl sites for hydroxylation is 1. The fourth-order valence-corrected chi connectivity index (χ4v) is 3.86. The number of carbonyl (C=O) groups excluding carboxylic acids is 1. The Morgan fingerprint density at radius 1 is 1.21 bits per heavy atom. The number of carbonyl (C=O) groups is 1. The van der Waals surface area contributed by atoms with Gasteiger partial charge in [-0.2, -0.15) is 4.37 Å². The number of benzene rings is 1. The number of anilines is 1. The van der Waals surface area contributed by atoms with Crippen molar-refractivity contribution < 1.29 is 4.79 Å². The zero-order valence-electron chi connectivity index (χ0n) is 16.6. The summed E-state index contributed by atoms with van der Waals surface area (Å²) in [5, 5.41) is 7.06. The molecular formula is C19H27N7OS. The molecule has 0 saturated carbocycles. The maximum atomic E-state index is 11.6. The van der Waals surface area contributed by atoms with Gasteiger partial charge in [0.25, 0.3) is 5.91 Å². The first-order valence-corrected chi connectivity index (χ1v) is 10.3. The van der Waals surface area contributed by atoms with E-state index in [-0.39, 0.29) is 5.91 Å². The Kier molecular flexibility index (Phi) is 6.80. The van der Waals surface area contributed by atoms with Gasteiger partial charge in [0.15, 0.2) is 5.96 Å². The molecule has 1 amide bonds. The molecule has 2 N–H and O–H groups in total. The van der Waals surface area contributed by atoms with Crippen LogP contribution in [0.2, 0.25) is 0 Å². The van der Waals surface area contributed by atoms with Crippen LogP contribution in [0.25, 0.3) is 0 Å². The molecule has 0 atom stereocenters. The minimum absolute atomic E-state index is 0.0744. The van der Waals surface area contributed by atoms with Crippen molar-refractivity contribution >= 4 is 28.5 Å². The molecule has 0 radical (unpaired) electrons. The lowest BCUT2D eigenvalue weighted by molar-refractivity contribution is 0.0963. The molecule has 8 nitrogen and oxygen atoms in total. The first-order chi connectivity index (χ1) is 13.6. The molecule has 1 aliphatic rings. The smallest absolute Gasteiger partial charge is 0.251 e. The van der Waals surface area contributed by atoms with Gasteiger partial charge in [-0.3, -0.25) is 9.79 Å². The normalized spacial score (nSPS) is 14.9. The molecule has 1 fully saturated rings. The Balaban J connectivity index is 1.51. The van der Waals surface area contributed by atoms with E-state index in [2.05, 4.69) is 41.7 Å². The fourth-order valence-electron chi connectivity index (χ4n) is 3.06. The second kappa shape index (κ2) is 9.50. The number of amides is 1. The first kappa shape index (κ1) is 20.1. The van der Waals surface area contributed by atoms with E-state index in [1.54, 1.807) is 7.05 Å². The average Bonchev–Trinajstić information content (AvgIpc) is 3.24. The van der Waals surface area contributed by atoms with E-state index in [0.717, 1.165) is 55.1 Å². The predicted molar refractivity (Wildman–Crippen MR) is 113 cm³/mol. The van der Waals surface area contributed by atoms with Gasteiger partial charge in [0.05, 0.1) is 0 Å². The Morgan fingerprint density at radius 2 is 1.93 bits per heavy atom. The van der Waals surface area contributed by atoms with Crippen molar-refractivity contribution in [3.63, 3.8) is 0 Å². The number of aliphatic imine (C=N–C) groups is 1. The van der Waals surface area contributed by atoms with Gasteiger partial charge in [0.1, 0.15) is 5.82 Å². The van der Waals surface area contributed by atoms with Crippen molar-refractivity contribution in [2.75, 3.05) is 45.2 Å². The number of piperazine rings is 1. The third-order valence-corrected chi connectivity index (χ3v) is 5.54. The van der Waals surface area contributed by atoms with Crippen molar-refractivity contribution in [2.45, 2.75) is 19.9 Å². The van der Waals surface area contributed by atoms with E-state index in [1.807, 2.05) is 31.3 Å². The molecule has 0 unspecified atom stereocenters. The monoisotopic (exact) mass is 401 g/mol. The molecule has 3 rings (SSSR count). The molecule has 1 aromatic carbocycles. The maximum Gasteiger partial charge on any atom is 0.251 e. The minimum Gasteiger partial charge on any atom is -0.355 e. The zero-order valence-corrected chi connectivity index (χ0v) is 17.4. The third kappa shape index (κ3) is 4.78. The van der Waals surface area contributed by atoms with Crippen LogP contribution in [-0.4, -0.2) is 66.4 Å². The number of hydrogen-bond acceptors (Lipinski definition) is 6. The van der Waals surface area contributed by atoms with Crippen LogP contribution in [0.4, 0.5) is 5.13 Å². The highest BCUT2D eigenvalue weighted by Crippen LogP contribution is 2.19. The lowest BCUT2D eigenvalue weighted by Crippen LogP contribution is -2.52. The summed E-state index contributed by atoms with van der Waals surface area (Å²) in [5.74, 6) is 1.73. The highest BCUT2D eigenvalue weighted by molar-refractivity contribution is 7.09. The number of nitrogens with zero attached hydrogens (tertiary/aromatic N) is 5. The molecule has 150 valence electrons. The van der Waals surface area contributed by atoms with Crippen LogP contribution in [0.3, 0.4) is 0 Å². The quantitative estimate of drug-likeness (QED) is 0.581. The van der Waals surface area contributed by atoms with Crippen LogP contribution in [0.5, 0.6) is 0 Å². The standard InChI is InChI=1S/C19H27N7OS/c1-4-16-23-19(28-24-16)26-11-9-25(10-12-26)18(21-3)22-13-14-5-7-15(8-6-14)17(27)20-2/h5-8H,4,9-13H2,1-3H3,(H,20,27)(H,21,22). The summed E-state index contributed by atoms with van der Waals surface area (Å²) in [5.41, 5.74) is 1.77. The third-order valence-electron chi connectivity index (χ3n) is 4.73. The van der Waals surface area contributed by atoms with Crippen LogP contribution >= 0.6 is 11.5 Å². The summed E-state index contributed by atoms with van der Waals surface area (Å²) >= 11 is 1.48. The van der Waals surface area contributed by atoms with Crippen LogP contribution < -0.4 is 15.5 Å². The molecule has 2 aromatic rings. The SMILES string of the molecule is CCc1nsc(N2CCN(C(=NC)NCc3ccc(C(=O)NC)cc3)CC2)n1. The Bertz CT molecular complexity index is 810. The van der Waals surface area contributed by atoms with Crippen molar-refractivity contribution in [1.82, 2.24) is 24.9 Å². The van der Waals surface area contributed by atoms with Gasteiger partial charge < -0.3 is 20.4 Å². The highest BCUT2D eigenvalue weighted by atomic mass is 32.1. The highest BCUT2D eigenvalue weighted by Gasteiger charge is 2.22. The lowest BCUT2D eigenvalue weighted by Gasteiger charge is -2.36. The summed E-state index contributed by atoms with van der Waals surface area (Å²) in [7, 11) is 3.44. The van der Waals surface area contributed by atoms with Gasteiger partial charge in [-0.05, 0) is 17.7 Å². The van der Waals surface area contributed by atoms with Gasteiger partial charge in [0, 0.05) is 70.3 Å². The van der Waals surface area contributed by atoms with Crippen molar-refractivity contribution in [1.29, 1.82) is 0 Å². The summed E-state index contributed by atoms with van der Waals surface area (Å²) in [6, 6.07) is 7.60. The van der Waals surface area contributed by atoms with Crippen molar-refractivity contribution in [3.8, 4) is 0 Å². The van der Waals surface area contributed by atoms with Gasteiger partial charge >= 0.3 is 0 Å². The Morgan fingerprint density at radius 3 is 2.50 bits per heavy atom. The molecular weight excluding hydrogens is 374 g/mol. The molecule has 0 aliphatic carbocycles. The summed E-state index contributed by atoms with van der Waals surface area (Å²) in [6.07, 6.45) is 0.872. The number of hydrogen-bond donors (Lipinski definition) is 2. The lowest BCUT2D eigenvalue weighted by atomic mass is 10.1. The second-order valence-electron chi connectivity index (χ2n) is 6.50. The molecule has 9 heteroatoms. The Labute approximate surface area is 169 Å². The number of aromatic nitrogens is 2. The molecule has 1 aliphatic heterocycles. The van der Waals surface area contributed by atoms with E-state index >= 15 is 0 Å². The van der Waals surface area contributed by atoms with E-state index in [0.29, 0.717) is 12.1 Å². The Hall–Kier alpha value is -2.68. The molecule has 0 spiro atoms. The fraction of sp³-hybridized carbons (Fsp3) is 0.474. The maximum absolute atomic E-state index is 11.6. The van der Waals surface area contributed by atoms with E-state index in [4.69, 9.17) is 0 Å². The zero-order chi connectivity index (χ0) is 19.9. The molecule has 2 heterocycles. The van der Waals surface area contributed by atoms with E-state index in [9.17, 15) is 4.79 Å². The van der Waals surface area contributed by atoms with Gasteiger partial charge in [0.2, 0.25) is 5.13 Å². The van der Waals surface area contributed by atoms with E-state index < -0.39 is 0 Å². The molecule has 1 aromatic heterocycles. The van der Waals surface area contributed by atoms with E-state index in [1.165, 1.54) is 11.5 Å². The van der Waals surface area contributed by atoms with Crippen molar-refractivity contribution in [3.05, 3.63) is 41.2 Å². The first-order valence-electron chi connectivity index (χ1n) is 9.48. The average molecular weight is 402 g/mol. The summed E-state index contributed by atoms with van der Waals surface area (Å²) in [4.78, 5) is 25.2. The second-order valence-corrected chi connectivity index (χ2v) is 7.23. The predicted octanol–water partition coefficient (Wildman–Crippen LogP) is 1.36. The van der Waals surface area contributed by atoms with Crippen LogP contribution in [0.1, 0.15) is 28.7 Å². The van der Waals surface area contributed by atoms with Crippen LogP contribution in [0.15, 0.2) is 29.3 Å². The number of guanidine groups is 1. The van der Waals surface area contributed by atoms with Gasteiger partial charge in [-0.25, -0.2) is 4.98 Å². The molecule has 1 saturated heterocycles. The van der Waals surface area contributed by atoms with Crippen LogP contribution in [-0.2, 0) is 13.0 Å². The summed E-state index contributed by atoms with van der Waals surface area (Å²) < 4.78 is 4.38. The summed E-state index contributed by atoms with van der Waals surface area (Å²) in [6.45, 7) is 6.31. The number of nitrogens with one attached hydrogen (secondary N) is 2. The molecule has 0 bridgehead atoms. The number of rotatable bonds is 5. The van der Waals surface area contributed by atoms with Gasteiger partial charge in [-0.1, -0.05) is 19.1 Å². The van der Waals surface area contributed by atoms with Gasteiger partial charge in [-0.15, -0.1) is 0 Å². The van der Waals surface area contributed by atoms with Crippen molar-refractivity contribution in [2.24, 2.45) is 4.99 Å². The molecule has 28 heavy (non-hydrogen) atoms. The largest absolute Gasteiger partial charge is 0.355 e.